The summed E-state index contributed by atoms with van der Waals surface area (Å²) < 4.78 is 11.1. The molecule has 1 aromatic rings. The third-order valence-electron chi connectivity index (χ3n) is 5.60. The molecule has 0 radical (unpaired) electrons. The fourth-order valence-corrected chi connectivity index (χ4v) is 3.42. The van der Waals surface area contributed by atoms with Crippen LogP contribution in [0.1, 0.15) is 57.8 Å². The molecule has 1 rings (SSSR count). The largest absolute Gasteiger partial charge is 0.465 e. The van der Waals surface area contributed by atoms with Gasteiger partial charge >= 0.3 is 5.97 Å². The summed E-state index contributed by atoms with van der Waals surface area (Å²) in [6.45, 7) is 17.0. The van der Waals surface area contributed by atoms with Crippen LogP contribution in [0.15, 0.2) is 47.6 Å². The van der Waals surface area contributed by atoms with Crippen molar-refractivity contribution in [1.82, 2.24) is 0 Å². The summed E-state index contributed by atoms with van der Waals surface area (Å²) in [6, 6.07) is 7.42. The van der Waals surface area contributed by atoms with E-state index in [4.69, 9.17) is 9.16 Å². The Bertz CT molecular complexity index is 730. The first kappa shape index (κ1) is 25.2. The highest BCUT2D eigenvalue weighted by Gasteiger charge is 2.36. The van der Waals surface area contributed by atoms with Crippen LogP contribution in [0.5, 0.6) is 0 Å². The summed E-state index contributed by atoms with van der Waals surface area (Å²) >= 11 is 0. The van der Waals surface area contributed by atoms with Crippen molar-refractivity contribution in [1.29, 1.82) is 0 Å². The number of methoxy groups -OCH3 is 1. The van der Waals surface area contributed by atoms with Gasteiger partial charge in [0.25, 0.3) is 0 Å². The Balaban J connectivity index is 2.47. The molecule has 0 saturated carbocycles. The first-order chi connectivity index (χ1) is 13.5. The first-order valence-corrected chi connectivity index (χ1v) is 13.2. The highest BCUT2D eigenvalue weighted by atomic mass is 28.4. The quantitative estimate of drug-likeness (QED) is 0.265. The molecule has 0 aliphatic heterocycles. The molecule has 0 saturated heterocycles. The predicted octanol–water partition coefficient (Wildman–Crippen LogP) is 6.58. The van der Waals surface area contributed by atoms with Crippen molar-refractivity contribution < 1.29 is 14.0 Å². The number of anilines is 1. The van der Waals surface area contributed by atoms with Crippen LogP contribution in [0.4, 0.5) is 5.69 Å². The minimum Gasteiger partial charge on any atom is -0.465 e. The average molecular weight is 418 g/mol. The number of carbonyl (C=O) groups is 1. The van der Waals surface area contributed by atoms with E-state index in [1.807, 2.05) is 18.2 Å². The molecule has 0 heterocycles. The van der Waals surface area contributed by atoms with Gasteiger partial charge in [0, 0.05) is 12.2 Å². The van der Waals surface area contributed by atoms with E-state index in [0.29, 0.717) is 18.7 Å². The van der Waals surface area contributed by atoms with E-state index in [2.05, 4.69) is 65.2 Å². The number of hydrogen-bond donors (Lipinski definition) is 1. The summed E-state index contributed by atoms with van der Waals surface area (Å²) in [7, 11) is -0.277. The lowest BCUT2D eigenvalue weighted by Crippen LogP contribution is -2.40. The molecule has 0 aromatic heterocycles. The smallest absolute Gasteiger partial charge is 0.339 e. The van der Waals surface area contributed by atoms with Crippen LogP contribution >= 0.6 is 0 Å². The van der Waals surface area contributed by atoms with E-state index in [-0.39, 0.29) is 11.0 Å². The molecule has 0 amide bonds. The zero-order valence-electron chi connectivity index (χ0n) is 19.5. The molecule has 0 aliphatic carbocycles. The van der Waals surface area contributed by atoms with Crippen LogP contribution in [0.25, 0.3) is 0 Å². The Morgan fingerprint density at radius 1 is 1.10 bits per heavy atom. The molecule has 162 valence electrons. The second-order valence-corrected chi connectivity index (χ2v) is 13.9. The van der Waals surface area contributed by atoms with Crippen LogP contribution in [0, 0.1) is 0 Å². The van der Waals surface area contributed by atoms with Crippen molar-refractivity contribution in [3.05, 3.63) is 53.1 Å². The number of benzene rings is 1. The van der Waals surface area contributed by atoms with Gasteiger partial charge in [-0.15, -0.1) is 0 Å². The molecule has 29 heavy (non-hydrogen) atoms. The van der Waals surface area contributed by atoms with Gasteiger partial charge in [-0.3, -0.25) is 0 Å². The second-order valence-electron chi connectivity index (χ2n) is 9.10. The van der Waals surface area contributed by atoms with E-state index in [1.54, 1.807) is 6.07 Å². The Labute approximate surface area is 178 Å². The van der Waals surface area contributed by atoms with Crippen molar-refractivity contribution in [3.8, 4) is 0 Å². The predicted molar refractivity (Wildman–Crippen MR) is 126 cm³/mol. The van der Waals surface area contributed by atoms with E-state index in [9.17, 15) is 4.79 Å². The fraction of sp³-hybridized carbons (Fsp3) is 0.542. The highest BCUT2D eigenvalue weighted by Crippen LogP contribution is 2.36. The van der Waals surface area contributed by atoms with Crippen LogP contribution in [-0.4, -0.2) is 34.5 Å². The van der Waals surface area contributed by atoms with Gasteiger partial charge in [0.15, 0.2) is 8.32 Å². The maximum absolute atomic E-state index is 11.8. The second kappa shape index (κ2) is 11.4. The minimum atomic E-state index is -1.68. The molecule has 1 N–H and O–H groups in total. The van der Waals surface area contributed by atoms with Gasteiger partial charge in [-0.2, -0.15) is 0 Å². The number of para-hydroxylation sites is 1. The molecule has 1 aromatic carbocycles. The van der Waals surface area contributed by atoms with E-state index < -0.39 is 8.32 Å². The summed E-state index contributed by atoms with van der Waals surface area (Å²) in [6.07, 6.45) is 6.49. The van der Waals surface area contributed by atoms with Crippen LogP contribution in [0.3, 0.4) is 0 Å². The van der Waals surface area contributed by atoms with Crippen LogP contribution in [0.2, 0.25) is 18.1 Å². The van der Waals surface area contributed by atoms with Crippen molar-refractivity contribution in [2.24, 2.45) is 0 Å². The lowest BCUT2D eigenvalue weighted by Gasteiger charge is -2.35. The molecular formula is C24H39NO3Si. The van der Waals surface area contributed by atoms with Crippen LogP contribution < -0.4 is 5.32 Å². The number of rotatable bonds is 10. The zero-order valence-corrected chi connectivity index (χ0v) is 20.5. The Morgan fingerprint density at radius 3 is 2.38 bits per heavy atom. The summed E-state index contributed by atoms with van der Waals surface area (Å²) in [5.74, 6) is -0.324. The first-order valence-electron chi connectivity index (χ1n) is 10.3. The van der Waals surface area contributed by atoms with Gasteiger partial charge in [0.05, 0.1) is 19.3 Å². The molecule has 0 bridgehead atoms. The number of ether oxygens (including phenoxy) is 1. The average Bonchev–Trinajstić information content (AvgIpc) is 2.65. The fourth-order valence-electron chi connectivity index (χ4n) is 2.49. The minimum absolute atomic E-state index is 0.244. The van der Waals surface area contributed by atoms with Gasteiger partial charge in [-0.25, -0.2) is 4.79 Å². The molecule has 4 nitrogen and oxygen atoms in total. The molecular weight excluding hydrogens is 378 g/mol. The Morgan fingerprint density at radius 2 is 1.76 bits per heavy atom. The number of hydrogen-bond acceptors (Lipinski definition) is 4. The van der Waals surface area contributed by atoms with Crippen molar-refractivity contribution in [3.63, 3.8) is 0 Å². The zero-order chi connectivity index (χ0) is 22.1. The Hall–Kier alpha value is -1.85. The SMILES string of the molecule is COC(=O)c1ccccc1NC/C(C)=C/CC/C(C)=C/CO[Si](C)(C)C(C)(C)C. The Kier molecular flexibility index (Phi) is 9.87. The van der Waals surface area contributed by atoms with Crippen molar-refractivity contribution >= 4 is 20.0 Å². The third-order valence-corrected chi connectivity index (χ3v) is 10.1. The van der Waals surface area contributed by atoms with Gasteiger partial charge in [-0.05, 0) is 57.0 Å². The highest BCUT2D eigenvalue weighted by molar-refractivity contribution is 6.74. The van der Waals surface area contributed by atoms with Gasteiger partial charge in [0.1, 0.15) is 0 Å². The van der Waals surface area contributed by atoms with E-state index in [0.717, 1.165) is 18.5 Å². The number of allylic oxidation sites excluding steroid dienone is 2. The summed E-state index contributed by atoms with van der Waals surface area (Å²) in [5, 5.41) is 3.58. The standard InChI is InChI=1S/C24H39NO3Si/c1-19(16-17-28-29(7,8)24(3,4)5)12-11-13-20(2)18-25-22-15-10-9-14-21(22)23(26)27-6/h9-10,13-16,25H,11-12,17-18H2,1-8H3/b19-16+,20-13+. The molecule has 0 fully saturated rings. The normalized spacial score (nSPS) is 13.4. The topological polar surface area (TPSA) is 47.6 Å². The van der Waals surface area contributed by atoms with Crippen molar-refractivity contribution in [2.75, 3.05) is 25.6 Å². The maximum atomic E-state index is 11.8. The lowest BCUT2D eigenvalue weighted by atomic mass is 10.1. The lowest BCUT2D eigenvalue weighted by molar-refractivity contribution is 0.0602. The van der Waals surface area contributed by atoms with Gasteiger partial charge in [-0.1, -0.05) is 56.2 Å². The third kappa shape index (κ3) is 8.58. The van der Waals surface area contributed by atoms with Crippen molar-refractivity contribution in [2.45, 2.75) is 65.6 Å². The van der Waals surface area contributed by atoms with Crippen LogP contribution in [-0.2, 0) is 9.16 Å². The van der Waals surface area contributed by atoms with Gasteiger partial charge < -0.3 is 14.5 Å². The molecule has 0 unspecified atom stereocenters. The molecule has 0 spiro atoms. The number of nitrogens with one attached hydrogen (secondary N) is 1. The summed E-state index contributed by atoms with van der Waals surface area (Å²) in [5.41, 5.74) is 3.96. The van der Waals surface area contributed by atoms with E-state index in [1.165, 1.54) is 18.3 Å². The molecule has 0 aliphatic rings. The summed E-state index contributed by atoms with van der Waals surface area (Å²) in [4.78, 5) is 11.8. The van der Waals surface area contributed by atoms with Gasteiger partial charge in [0.2, 0.25) is 0 Å². The number of esters is 1. The monoisotopic (exact) mass is 417 g/mol. The molecule has 0 atom stereocenters. The number of carbonyl (C=O) groups excluding carboxylic acids is 1. The van der Waals surface area contributed by atoms with E-state index >= 15 is 0 Å². The maximum Gasteiger partial charge on any atom is 0.339 e. The molecule has 5 heteroatoms.